The van der Waals surface area contributed by atoms with Crippen LogP contribution < -0.4 is 0 Å². The van der Waals surface area contributed by atoms with Crippen LogP contribution in [0.1, 0.15) is 0 Å². The van der Waals surface area contributed by atoms with Crippen LogP contribution in [0.5, 0.6) is 0 Å². The molecule has 0 aliphatic heterocycles. The van der Waals surface area contributed by atoms with Crippen LogP contribution in [0.2, 0.25) is 0 Å². The Morgan fingerprint density at radius 2 is 0.533 bits per heavy atom. The summed E-state index contributed by atoms with van der Waals surface area (Å²) < 4.78 is 4.36. The minimum Gasteiger partial charge on any atom is -0.278 e. The Hall–Kier alpha value is -8.36. The second-order valence-corrected chi connectivity index (χ2v) is 14.7. The maximum absolute atomic E-state index is 5.16. The third kappa shape index (κ3) is 5.39. The lowest BCUT2D eigenvalue weighted by Gasteiger charge is -2.12. The summed E-state index contributed by atoms with van der Waals surface area (Å²) in [4.78, 5) is 30.6. The third-order valence-electron chi connectivity index (χ3n) is 11.2. The summed E-state index contributed by atoms with van der Waals surface area (Å²) in [5.41, 5.74) is 7.74. The second-order valence-electron chi connectivity index (χ2n) is 14.7. The topological polar surface area (TPSA) is 87.2 Å². The van der Waals surface area contributed by atoms with Crippen LogP contribution in [0.15, 0.2) is 194 Å². The highest BCUT2D eigenvalue weighted by Gasteiger charge is 2.23. The number of fused-ring (bicyclic) bond motifs is 9. The van der Waals surface area contributed by atoms with Crippen molar-refractivity contribution in [1.82, 2.24) is 39.0 Å². The predicted molar refractivity (Wildman–Crippen MR) is 241 cm³/mol. The Morgan fingerprint density at radius 1 is 0.233 bits per heavy atom. The molecule has 280 valence electrons. The number of aromatic nitrogens is 8. The lowest BCUT2D eigenvalue weighted by Crippen LogP contribution is -2.06. The monoisotopic (exact) mass is 768 g/mol. The molecule has 0 saturated carbocycles. The second kappa shape index (κ2) is 13.6. The van der Waals surface area contributed by atoms with Gasteiger partial charge in [-0.15, -0.1) is 0 Å². The number of rotatable bonds is 6. The van der Waals surface area contributed by atoms with Crippen LogP contribution in [0.25, 0.3) is 112 Å². The smallest absolute Gasteiger partial charge is 0.238 e. The van der Waals surface area contributed by atoms with Crippen LogP contribution >= 0.6 is 0 Å². The maximum Gasteiger partial charge on any atom is 0.238 e. The average Bonchev–Trinajstić information content (AvgIpc) is 3.86. The van der Waals surface area contributed by atoms with E-state index in [4.69, 9.17) is 29.9 Å². The fraction of sp³-hybridized carbons (Fsp3) is 0. The summed E-state index contributed by atoms with van der Waals surface area (Å²) in [6, 6.07) is 66.3. The van der Waals surface area contributed by atoms with Gasteiger partial charge in [0.2, 0.25) is 11.9 Å². The lowest BCUT2D eigenvalue weighted by molar-refractivity contribution is 0.953. The Kier molecular flexibility index (Phi) is 7.67. The van der Waals surface area contributed by atoms with Gasteiger partial charge in [0.25, 0.3) is 0 Å². The highest BCUT2D eigenvalue weighted by Crippen LogP contribution is 2.42. The first-order valence-electron chi connectivity index (χ1n) is 19.9. The molecule has 0 aliphatic carbocycles. The number of nitrogens with zero attached hydrogens (tertiary/aromatic N) is 8. The molecule has 8 aromatic carbocycles. The van der Waals surface area contributed by atoms with E-state index < -0.39 is 0 Å². The molecule has 12 aromatic rings. The first kappa shape index (κ1) is 33.7. The highest BCUT2D eigenvalue weighted by molar-refractivity contribution is 6.29. The molecular formula is C52H32N8. The van der Waals surface area contributed by atoms with Crippen LogP contribution in [0.4, 0.5) is 0 Å². The van der Waals surface area contributed by atoms with Gasteiger partial charge in [-0.2, -0.15) is 19.9 Å². The SMILES string of the molecule is c1ccc(-c2nc(-c3ccccc3)nc(-n3c4ccccc4c4c5ccc6c(c5ccc43)c3ccccc3n6-c3nc(-c4ccccc4)nc(-c4ccccc4)n3)n2)cc1. The van der Waals surface area contributed by atoms with Gasteiger partial charge in [-0.25, -0.2) is 9.97 Å². The largest absolute Gasteiger partial charge is 0.278 e. The van der Waals surface area contributed by atoms with Gasteiger partial charge in [0.15, 0.2) is 23.3 Å². The van der Waals surface area contributed by atoms with Gasteiger partial charge in [-0.3, -0.25) is 9.13 Å². The molecule has 0 spiro atoms. The Morgan fingerprint density at radius 3 is 0.867 bits per heavy atom. The molecule has 0 unspecified atom stereocenters. The molecule has 8 nitrogen and oxygen atoms in total. The average molecular weight is 769 g/mol. The molecule has 0 saturated heterocycles. The normalized spacial score (nSPS) is 11.7. The third-order valence-corrected chi connectivity index (χ3v) is 11.2. The van der Waals surface area contributed by atoms with Crippen molar-refractivity contribution in [2.75, 3.05) is 0 Å². The van der Waals surface area contributed by atoms with Crippen molar-refractivity contribution >= 4 is 54.4 Å². The highest BCUT2D eigenvalue weighted by atomic mass is 15.2. The van der Waals surface area contributed by atoms with E-state index in [2.05, 4.69) is 81.9 Å². The molecular weight excluding hydrogens is 737 g/mol. The van der Waals surface area contributed by atoms with Crippen LogP contribution in [0, 0.1) is 0 Å². The molecule has 0 radical (unpaired) electrons. The maximum atomic E-state index is 5.16. The molecule has 0 amide bonds. The van der Waals surface area contributed by atoms with Crippen molar-refractivity contribution in [1.29, 1.82) is 0 Å². The molecule has 4 aromatic heterocycles. The van der Waals surface area contributed by atoms with Crippen molar-refractivity contribution in [3.05, 3.63) is 194 Å². The number of hydrogen-bond acceptors (Lipinski definition) is 6. The number of benzene rings is 8. The fourth-order valence-corrected chi connectivity index (χ4v) is 8.57. The quantitative estimate of drug-likeness (QED) is 0.167. The first-order chi connectivity index (χ1) is 29.8. The molecule has 4 heterocycles. The molecule has 0 atom stereocenters. The summed E-state index contributed by atoms with van der Waals surface area (Å²) in [7, 11) is 0. The van der Waals surface area contributed by atoms with Gasteiger partial charge >= 0.3 is 0 Å². The lowest BCUT2D eigenvalue weighted by atomic mass is 9.99. The molecule has 0 aliphatic rings. The minimum atomic E-state index is 0.559. The Bertz CT molecular complexity index is 3230. The Labute approximate surface area is 343 Å². The van der Waals surface area contributed by atoms with Crippen LogP contribution in [0.3, 0.4) is 0 Å². The summed E-state index contributed by atoms with van der Waals surface area (Å²) in [6.45, 7) is 0. The van der Waals surface area contributed by atoms with E-state index in [-0.39, 0.29) is 0 Å². The van der Waals surface area contributed by atoms with Crippen LogP contribution in [-0.4, -0.2) is 39.0 Å². The van der Waals surface area contributed by atoms with Gasteiger partial charge in [0.05, 0.1) is 22.1 Å². The van der Waals surface area contributed by atoms with Crippen molar-refractivity contribution < 1.29 is 0 Å². The van der Waals surface area contributed by atoms with E-state index in [0.717, 1.165) is 76.6 Å². The van der Waals surface area contributed by atoms with E-state index >= 15 is 0 Å². The molecule has 8 heteroatoms. The Balaban J connectivity index is 1.13. The zero-order valence-electron chi connectivity index (χ0n) is 32.1. The van der Waals surface area contributed by atoms with Crippen molar-refractivity contribution in [2.45, 2.75) is 0 Å². The molecule has 60 heavy (non-hydrogen) atoms. The summed E-state index contributed by atoms with van der Waals surface area (Å²) in [6.07, 6.45) is 0. The zero-order chi connectivity index (χ0) is 39.6. The van der Waals surface area contributed by atoms with Gasteiger partial charge in [0.1, 0.15) is 0 Å². The summed E-state index contributed by atoms with van der Waals surface area (Å²) >= 11 is 0. The zero-order valence-corrected chi connectivity index (χ0v) is 32.1. The fourth-order valence-electron chi connectivity index (χ4n) is 8.57. The standard InChI is InChI=1S/C52H32N8/c1-5-17-33(18-6-1)47-53-48(34-19-7-2-8-20-34)56-51(55-47)59-41-27-15-13-25-39(41)45-37-30-32-44-46(38(37)29-31-43(45)59)40-26-14-16-28-42(40)60(44)52-57-49(35-21-9-3-10-22-35)54-50(58-52)36-23-11-4-12-24-36/h1-32H. The number of para-hydroxylation sites is 2. The van der Waals surface area contributed by atoms with Crippen molar-refractivity contribution in [3.8, 4) is 57.4 Å². The van der Waals surface area contributed by atoms with Gasteiger partial charge in [0, 0.05) is 43.8 Å². The van der Waals surface area contributed by atoms with E-state index in [1.165, 1.54) is 0 Å². The number of hydrogen-bond donors (Lipinski definition) is 0. The summed E-state index contributed by atoms with van der Waals surface area (Å²) in [5.74, 6) is 3.58. The van der Waals surface area contributed by atoms with Crippen LogP contribution in [-0.2, 0) is 0 Å². The van der Waals surface area contributed by atoms with E-state index in [1.807, 2.05) is 121 Å². The summed E-state index contributed by atoms with van der Waals surface area (Å²) in [5, 5.41) is 6.74. The van der Waals surface area contributed by atoms with Crippen molar-refractivity contribution in [2.24, 2.45) is 0 Å². The van der Waals surface area contributed by atoms with E-state index in [9.17, 15) is 0 Å². The first-order valence-corrected chi connectivity index (χ1v) is 19.9. The van der Waals surface area contributed by atoms with Gasteiger partial charge in [-0.05, 0) is 35.0 Å². The molecule has 12 rings (SSSR count). The van der Waals surface area contributed by atoms with E-state index in [1.54, 1.807) is 0 Å². The van der Waals surface area contributed by atoms with Gasteiger partial charge < -0.3 is 0 Å². The molecule has 0 bridgehead atoms. The van der Waals surface area contributed by atoms with Gasteiger partial charge in [-0.1, -0.05) is 170 Å². The predicted octanol–water partition coefficient (Wildman–Crippen LogP) is 12.1. The van der Waals surface area contributed by atoms with E-state index in [0.29, 0.717) is 35.2 Å². The molecule has 0 N–H and O–H groups in total. The van der Waals surface area contributed by atoms with Crippen molar-refractivity contribution in [3.63, 3.8) is 0 Å². The minimum absolute atomic E-state index is 0.559. The molecule has 0 fully saturated rings.